The van der Waals surface area contributed by atoms with Gasteiger partial charge in [-0.15, -0.1) is 0 Å². The van der Waals surface area contributed by atoms with Crippen molar-refractivity contribution in [2.45, 2.75) is 217 Å². The highest BCUT2D eigenvalue weighted by Gasteiger charge is 2.50. The first kappa shape index (κ1) is 41.6. The van der Waals surface area contributed by atoms with Crippen LogP contribution in [-0.2, 0) is 48.8 Å². The van der Waals surface area contributed by atoms with Gasteiger partial charge in [0.05, 0.1) is 6.10 Å². The molecule has 2 aromatic carbocycles. The maximum atomic E-state index is 14.7. The van der Waals surface area contributed by atoms with Crippen molar-refractivity contribution in [1.82, 2.24) is 0 Å². The molecule has 4 saturated carbocycles. The first-order valence-electron chi connectivity index (χ1n) is 22.3. The summed E-state index contributed by atoms with van der Waals surface area (Å²) in [5.41, 5.74) is 2.36. The lowest BCUT2D eigenvalue weighted by atomic mass is 9.64. The molecular formula is C49H72O6. The molecule has 304 valence electrons. The number of esters is 1. The Morgan fingerprint density at radius 1 is 0.582 bits per heavy atom. The van der Waals surface area contributed by atoms with Crippen molar-refractivity contribution >= 4 is 11.9 Å². The Kier molecular flexibility index (Phi) is 12.4. The van der Waals surface area contributed by atoms with Crippen LogP contribution in [0.15, 0.2) is 24.3 Å². The number of carbonyl (C=O) groups is 2. The average Bonchev–Trinajstić information content (AvgIpc) is 3.16. The van der Waals surface area contributed by atoms with Crippen LogP contribution in [-0.4, -0.2) is 33.4 Å². The smallest absolute Gasteiger partial charge is 0.324 e. The molecule has 4 aliphatic rings. The van der Waals surface area contributed by atoms with E-state index in [0.717, 1.165) is 136 Å². The number of carbonyl (C=O) groups excluding carboxylic acids is 1. The van der Waals surface area contributed by atoms with Crippen LogP contribution in [0.3, 0.4) is 0 Å². The van der Waals surface area contributed by atoms with Crippen molar-refractivity contribution in [2.24, 2.45) is 5.41 Å². The standard InChI is InChI=1S/C49H72O6/c1-7-34(2)55-44(54)49(43(52)53,32-35-28-37(45(3)20-12-8-13-21-45)41(50)38(29-35)46(4)22-14-9-15-23-46)33-36-30-39(47(5)24-16-10-17-25-47)42(51)40(31-36)48(6)26-18-11-19-27-48/h28-31,34,50-51H,7-27,32-33H2,1-6H3,(H,52,53). The number of benzene rings is 2. The van der Waals surface area contributed by atoms with Gasteiger partial charge in [0.1, 0.15) is 11.5 Å². The third kappa shape index (κ3) is 8.36. The van der Waals surface area contributed by atoms with Crippen molar-refractivity contribution in [1.29, 1.82) is 0 Å². The number of phenols is 2. The number of carboxylic acids is 1. The quantitative estimate of drug-likeness (QED) is 0.147. The number of phenolic OH excluding ortho intramolecular Hbond substituents is 2. The summed E-state index contributed by atoms with van der Waals surface area (Å²) in [6.45, 7) is 12.8. The normalized spacial score (nSPS) is 22.7. The fourth-order valence-electron chi connectivity index (χ4n) is 11.4. The van der Waals surface area contributed by atoms with E-state index < -0.39 is 23.5 Å². The molecule has 0 aliphatic heterocycles. The van der Waals surface area contributed by atoms with E-state index >= 15 is 0 Å². The van der Waals surface area contributed by atoms with Crippen LogP contribution in [0.1, 0.15) is 210 Å². The molecule has 3 N–H and O–H groups in total. The fraction of sp³-hybridized carbons (Fsp3) is 0.714. The fourth-order valence-corrected chi connectivity index (χ4v) is 11.4. The Balaban J connectivity index is 1.54. The third-order valence-electron chi connectivity index (χ3n) is 15.5. The topological polar surface area (TPSA) is 104 Å². The van der Waals surface area contributed by atoms with Crippen LogP contribution >= 0.6 is 0 Å². The maximum absolute atomic E-state index is 14.7. The molecule has 6 rings (SSSR count). The van der Waals surface area contributed by atoms with Gasteiger partial charge in [0.25, 0.3) is 0 Å². The van der Waals surface area contributed by atoms with Crippen molar-refractivity contribution in [3.63, 3.8) is 0 Å². The molecule has 4 fully saturated rings. The van der Waals surface area contributed by atoms with E-state index in [2.05, 4.69) is 27.7 Å². The molecule has 0 radical (unpaired) electrons. The van der Waals surface area contributed by atoms with Crippen molar-refractivity contribution < 1.29 is 29.6 Å². The highest BCUT2D eigenvalue weighted by atomic mass is 16.5. The molecule has 2 aromatic rings. The maximum Gasteiger partial charge on any atom is 0.324 e. The minimum absolute atomic E-state index is 0.0376. The van der Waals surface area contributed by atoms with Crippen LogP contribution in [0, 0.1) is 5.41 Å². The number of aliphatic carboxylic acids is 1. The largest absolute Gasteiger partial charge is 0.507 e. The van der Waals surface area contributed by atoms with Crippen molar-refractivity contribution in [3.8, 4) is 11.5 Å². The summed E-state index contributed by atoms with van der Waals surface area (Å²) in [5, 5.41) is 35.9. The number of ether oxygens (including phenoxy) is 1. The first-order valence-corrected chi connectivity index (χ1v) is 22.3. The summed E-state index contributed by atoms with van der Waals surface area (Å²) in [6, 6.07) is 8.18. The predicted octanol–water partition coefficient (Wildman–Crippen LogP) is 12.2. The van der Waals surface area contributed by atoms with Crippen LogP contribution in [0.4, 0.5) is 0 Å². The zero-order valence-corrected chi connectivity index (χ0v) is 35.2. The van der Waals surface area contributed by atoms with Gasteiger partial charge in [0.15, 0.2) is 5.41 Å². The van der Waals surface area contributed by atoms with Gasteiger partial charge in [-0.1, -0.05) is 136 Å². The van der Waals surface area contributed by atoms with Gasteiger partial charge >= 0.3 is 11.9 Å². The second kappa shape index (κ2) is 16.5. The zero-order valence-electron chi connectivity index (χ0n) is 35.2. The Hall–Kier alpha value is -3.02. The minimum Gasteiger partial charge on any atom is -0.507 e. The molecule has 0 heterocycles. The van der Waals surface area contributed by atoms with Gasteiger partial charge in [0.2, 0.25) is 0 Å². The summed E-state index contributed by atoms with van der Waals surface area (Å²) >= 11 is 0. The van der Waals surface area contributed by atoms with Gasteiger partial charge in [-0.2, -0.15) is 0 Å². The second-order valence-corrected chi connectivity index (χ2v) is 19.9. The van der Waals surface area contributed by atoms with E-state index in [1.807, 2.05) is 38.1 Å². The van der Waals surface area contributed by atoms with Gasteiger partial charge in [0, 0.05) is 22.3 Å². The molecule has 6 nitrogen and oxygen atoms in total. The second-order valence-electron chi connectivity index (χ2n) is 19.9. The molecule has 0 spiro atoms. The van der Waals surface area contributed by atoms with Crippen molar-refractivity contribution in [2.75, 3.05) is 0 Å². The number of carboxylic acid groups (broad SMARTS) is 1. The zero-order chi connectivity index (χ0) is 39.6. The van der Waals surface area contributed by atoms with E-state index in [1.165, 1.54) is 25.7 Å². The Labute approximate surface area is 332 Å². The van der Waals surface area contributed by atoms with Crippen LogP contribution in [0.25, 0.3) is 0 Å². The molecule has 1 atom stereocenters. The average molecular weight is 757 g/mol. The summed E-state index contributed by atoms with van der Waals surface area (Å²) in [5.74, 6) is -1.15. The van der Waals surface area contributed by atoms with E-state index in [9.17, 15) is 24.9 Å². The summed E-state index contributed by atoms with van der Waals surface area (Å²) < 4.78 is 6.07. The number of rotatable bonds is 12. The molecule has 55 heavy (non-hydrogen) atoms. The minimum atomic E-state index is -1.91. The number of hydrogen-bond donors (Lipinski definition) is 3. The Morgan fingerprint density at radius 3 is 1.09 bits per heavy atom. The van der Waals surface area contributed by atoms with Crippen LogP contribution in [0.5, 0.6) is 11.5 Å². The first-order chi connectivity index (χ1) is 26.1. The number of hydrogen-bond acceptors (Lipinski definition) is 5. The lowest BCUT2D eigenvalue weighted by Gasteiger charge is -2.40. The highest BCUT2D eigenvalue weighted by molar-refractivity contribution is 6.00. The monoisotopic (exact) mass is 757 g/mol. The van der Waals surface area contributed by atoms with Gasteiger partial charge in [-0.3, -0.25) is 9.59 Å². The SMILES string of the molecule is CCC(C)OC(=O)C(Cc1cc(C2(C)CCCCC2)c(O)c(C2(C)CCCCC2)c1)(Cc1cc(C2(C)CCCCC2)c(O)c(C2(C)CCCCC2)c1)C(=O)O. The van der Waals surface area contributed by atoms with Crippen LogP contribution < -0.4 is 0 Å². The third-order valence-corrected chi connectivity index (χ3v) is 15.5. The molecular weight excluding hydrogens is 685 g/mol. The van der Waals surface area contributed by atoms with Gasteiger partial charge in [-0.05, 0) is 110 Å². The van der Waals surface area contributed by atoms with E-state index in [-0.39, 0.29) is 34.5 Å². The van der Waals surface area contributed by atoms with E-state index in [4.69, 9.17) is 4.74 Å². The molecule has 0 saturated heterocycles. The van der Waals surface area contributed by atoms with Crippen LogP contribution in [0.2, 0.25) is 0 Å². The molecule has 0 amide bonds. The molecule has 1 unspecified atom stereocenters. The van der Waals surface area contributed by atoms with Gasteiger partial charge < -0.3 is 20.1 Å². The van der Waals surface area contributed by atoms with Crippen molar-refractivity contribution in [3.05, 3.63) is 57.6 Å². The summed E-state index contributed by atoms with van der Waals surface area (Å²) in [6.07, 6.45) is 21.3. The molecule has 4 aliphatic carbocycles. The molecule has 0 bridgehead atoms. The van der Waals surface area contributed by atoms with Gasteiger partial charge in [-0.25, -0.2) is 0 Å². The Bertz CT molecular complexity index is 1490. The summed E-state index contributed by atoms with van der Waals surface area (Å²) in [7, 11) is 0. The molecule has 6 heteroatoms. The highest BCUT2D eigenvalue weighted by Crippen LogP contribution is 2.52. The lowest BCUT2D eigenvalue weighted by molar-refractivity contribution is -0.172. The van der Waals surface area contributed by atoms with E-state index in [0.29, 0.717) is 17.9 Å². The molecule has 0 aromatic heterocycles. The van der Waals surface area contributed by atoms with E-state index in [1.54, 1.807) is 0 Å². The predicted molar refractivity (Wildman–Crippen MR) is 221 cm³/mol. The lowest BCUT2D eigenvalue weighted by Crippen LogP contribution is -2.46. The number of aromatic hydroxyl groups is 2. The summed E-state index contributed by atoms with van der Waals surface area (Å²) in [4.78, 5) is 28.8. The Morgan fingerprint density at radius 2 is 0.855 bits per heavy atom.